The van der Waals surface area contributed by atoms with Gasteiger partial charge >= 0.3 is 5.97 Å². The fourth-order valence-electron chi connectivity index (χ4n) is 5.84. The van der Waals surface area contributed by atoms with E-state index in [4.69, 9.17) is 21.7 Å². The lowest BCUT2D eigenvalue weighted by Gasteiger charge is -2.55. The first-order valence-electron chi connectivity index (χ1n) is 10.7. The molecule has 0 aromatic heterocycles. The average Bonchev–Trinajstić information content (AvgIpc) is 2.72. The summed E-state index contributed by atoms with van der Waals surface area (Å²) in [6, 6.07) is 3.63. The van der Waals surface area contributed by atoms with Crippen LogP contribution in [0.2, 0.25) is 0 Å². The van der Waals surface area contributed by atoms with Gasteiger partial charge in [0.05, 0.1) is 23.2 Å². The second-order valence-corrected chi connectivity index (χ2v) is 10.3. The molecular weight excluding hydrogens is 478 g/mol. The quantitative estimate of drug-likeness (QED) is 0.141. The van der Waals surface area contributed by atoms with Crippen LogP contribution in [0.4, 0.5) is 0 Å². The van der Waals surface area contributed by atoms with Crippen LogP contribution in [0.5, 0.6) is 11.5 Å². The Bertz CT molecular complexity index is 882. The molecule has 8 heteroatoms. The number of hydrogen-bond donors (Lipinski definition) is 2. The van der Waals surface area contributed by atoms with Crippen LogP contribution in [-0.2, 0) is 4.79 Å². The Labute approximate surface area is 197 Å². The molecule has 0 aliphatic heterocycles. The van der Waals surface area contributed by atoms with Gasteiger partial charge in [-0.2, -0.15) is 5.10 Å². The van der Waals surface area contributed by atoms with Gasteiger partial charge in [0.2, 0.25) is 0 Å². The Morgan fingerprint density at radius 2 is 1.94 bits per heavy atom. The number of nitrogens with one attached hydrogen (secondary N) is 2. The summed E-state index contributed by atoms with van der Waals surface area (Å²) in [6.45, 7) is 4.19. The number of ether oxygens (including phenoxy) is 2. The van der Waals surface area contributed by atoms with E-state index in [1.54, 1.807) is 25.5 Å². The molecule has 0 amide bonds. The lowest BCUT2D eigenvalue weighted by Crippen LogP contribution is -2.51. The van der Waals surface area contributed by atoms with Crippen LogP contribution >= 0.6 is 28.1 Å². The molecule has 6 nitrogen and oxygen atoms in total. The van der Waals surface area contributed by atoms with Crippen molar-refractivity contribution in [1.82, 2.24) is 10.7 Å². The second kappa shape index (κ2) is 9.28. The molecule has 166 valence electrons. The number of methoxy groups -OCH3 is 1. The highest BCUT2D eigenvalue weighted by Gasteiger charge is 2.55. The number of hydrazone groups is 1. The van der Waals surface area contributed by atoms with Gasteiger partial charge in [0.15, 0.2) is 16.6 Å². The fourth-order valence-corrected chi connectivity index (χ4v) is 6.52. The summed E-state index contributed by atoms with van der Waals surface area (Å²) >= 11 is 8.65. The van der Waals surface area contributed by atoms with Gasteiger partial charge in [-0.25, -0.2) is 0 Å². The highest BCUT2D eigenvalue weighted by molar-refractivity contribution is 9.10. The molecule has 0 heterocycles. The molecular formula is C23H28BrN3O3S. The van der Waals surface area contributed by atoms with Crippen LogP contribution < -0.4 is 20.2 Å². The molecule has 4 aliphatic rings. The van der Waals surface area contributed by atoms with Crippen LogP contribution in [-0.4, -0.2) is 31.0 Å². The topological polar surface area (TPSA) is 72.0 Å². The molecule has 4 bridgehead atoms. The van der Waals surface area contributed by atoms with Crippen molar-refractivity contribution in [3.63, 3.8) is 0 Å². The minimum atomic E-state index is -0.322. The molecule has 4 saturated carbocycles. The summed E-state index contributed by atoms with van der Waals surface area (Å²) in [6.07, 6.45) is 10.1. The molecule has 0 radical (unpaired) electrons. The number of esters is 1. The van der Waals surface area contributed by atoms with Crippen LogP contribution in [0, 0.1) is 23.2 Å². The van der Waals surface area contributed by atoms with Gasteiger partial charge in [-0.1, -0.05) is 6.08 Å². The highest BCUT2D eigenvalue weighted by Crippen LogP contribution is 2.60. The molecule has 0 saturated heterocycles. The molecule has 1 aromatic carbocycles. The minimum absolute atomic E-state index is 0.104. The van der Waals surface area contributed by atoms with E-state index in [0.717, 1.165) is 24.8 Å². The van der Waals surface area contributed by atoms with Gasteiger partial charge < -0.3 is 14.8 Å². The van der Waals surface area contributed by atoms with E-state index in [2.05, 4.69) is 38.4 Å². The Kier molecular flexibility index (Phi) is 6.67. The smallest absolute Gasteiger partial charge is 0.317 e. The van der Waals surface area contributed by atoms with E-state index in [1.807, 2.05) is 6.07 Å². The van der Waals surface area contributed by atoms with Gasteiger partial charge in [0, 0.05) is 6.54 Å². The zero-order valence-corrected chi connectivity index (χ0v) is 20.1. The largest absolute Gasteiger partial charge is 0.493 e. The molecule has 4 fully saturated rings. The van der Waals surface area contributed by atoms with Crippen molar-refractivity contribution in [1.29, 1.82) is 0 Å². The molecule has 0 spiro atoms. The number of rotatable bonds is 7. The number of thiocarbonyl (C=S) groups is 1. The van der Waals surface area contributed by atoms with E-state index in [-0.39, 0.29) is 11.4 Å². The summed E-state index contributed by atoms with van der Waals surface area (Å²) in [7, 11) is 1.57. The average molecular weight is 506 g/mol. The summed E-state index contributed by atoms with van der Waals surface area (Å²) in [5, 5.41) is 7.47. The predicted molar refractivity (Wildman–Crippen MR) is 128 cm³/mol. The van der Waals surface area contributed by atoms with Crippen LogP contribution in [0.15, 0.2) is 34.4 Å². The second-order valence-electron chi connectivity index (χ2n) is 8.99. The highest BCUT2D eigenvalue weighted by atomic mass is 79.9. The number of carbonyl (C=O) groups excluding carboxylic acids is 1. The first kappa shape index (κ1) is 22.3. The molecule has 4 aliphatic carbocycles. The predicted octanol–water partition coefficient (Wildman–Crippen LogP) is 4.56. The molecule has 1 aromatic rings. The van der Waals surface area contributed by atoms with E-state index >= 15 is 0 Å². The Morgan fingerprint density at radius 3 is 2.52 bits per heavy atom. The lowest BCUT2D eigenvalue weighted by atomic mass is 9.49. The minimum Gasteiger partial charge on any atom is -0.493 e. The van der Waals surface area contributed by atoms with Gasteiger partial charge in [-0.3, -0.25) is 10.2 Å². The summed E-state index contributed by atoms with van der Waals surface area (Å²) in [5.74, 6) is 2.86. The normalized spacial score (nSPS) is 28.4. The fraction of sp³-hybridized carbons (Fsp3) is 0.522. The van der Waals surface area contributed by atoms with Gasteiger partial charge in [0.25, 0.3) is 0 Å². The van der Waals surface area contributed by atoms with Gasteiger partial charge in [-0.15, -0.1) is 6.58 Å². The molecule has 31 heavy (non-hydrogen) atoms. The monoisotopic (exact) mass is 505 g/mol. The molecule has 5 rings (SSSR count). The maximum atomic E-state index is 13.3. The third kappa shape index (κ3) is 4.80. The van der Waals surface area contributed by atoms with E-state index < -0.39 is 0 Å². The standard InChI is InChI=1S/C23H28BrN3O3S/c1-3-4-25-22(31)27-26-13-17-8-18(24)20(19(9-17)29-2)30-21(28)23-10-14-5-15(11-23)7-16(6-14)12-23/h3,8-9,13-16H,1,4-7,10-12H2,2H3,(H2,25,27,31). The van der Waals surface area contributed by atoms with E-state index in [1.165, 1.54) is 19.3 Å². The number of halogens is 1. The van der Waals surface area contributed by atoms with Gasteiger partial charge in [-0.05, 0) is 102 Å². The van der Waals surface area contributed by atoms with Gasteiger partial charge in [0.1, 0.15) is 0 Å². The van der Waals surface area contributed by atoms with E-state index in [9.17, 15) is 4.79 Å². The van der Waals surface area contributed by atoms with Crippen molar-refractivity contribution in [2.24, 2.45) is 28.3 Å². The zero-order chi connectivity index (χ0) is 22.0. The Hall–Kier alpha value is -1.93. The van der Waals surface area contributed by atoms with Crippen molar-refractivity contribution in [2.45, 2.75) is 38.5 Å². The summed E-state index contributed by atoms with van der Waals surface area (Å²) < 4.78 is 12.2. The number of benzene rings is 1. The lowest BCUT2D eigenvalue weighted by molar-refractivity contribution is -0.161. The van der Waals surface area contributed by atoms with Crippen LogP contribution in [0.3, 0.4) is 0 Å². The maximum Gasteiger partial charge on any atom is 0.317 e. The van der Waals surface area contributed by atoms with Crippen molar-refractivity contribution in [3.8, 4) is 11.5 Å². The molecule has 2 N–H and O–H groups in total. The van der Waals surface area contributed by atoms with Crippen LogP contribution in [0.25, 0.3) is 0 Å². The number of hydrogen-bond acceptors (Lipinski definition) is 5. The summed E-state index contributed by atoms with van der Waals surface area (Å²) in [5.41, 5.74) is 3.20. The molecule has 0 atom stereocenters. The third-order valence-corrected chi connectivity index (χ3v) is 7.53. The first-order chi connectivity index (χ1) is 14.9. The SMILES string of the molecule is C=CCNC(=S)NN=Cc1cc(Br)c(OC(=O)C23CC4CC(CC(C4)C2)C3)c(OC)c1. The Morgan fingerprint density at radius 1 is 1.29 bits per heavy atom. The maximum absolute atomic E-state index is 13.3. The van der Waals surface area contributed by atoms with Crippen molar-refractivity contribution >= 4 is 45.4 Å². The van der Waals surface area contributed by atoms with Crippen molar-refractivity contribution < 1.29 is 14.3 Å². The Balaban J connectivity index is 1.47. The number of nitrogens with zero attached hydrogens (tertiary/aromatic N) is 1. The first-order valence-corrected chi connectivity index (χ1v) is 11.9. The van der Waals surface area contributed by atoms with E-state index in [0.29, 0.717) is 45.4 Å². The zero-order valence-electron chi connectivity index (χ0n) is 17.7. The summed E-state index contributed by atoms with van der Waals surface area (Å²) in [4.78, 5) is 13.3. The van der Waals surface area contributed by atoms with Crippen LogP contribution in [0.1, 0.15) is 44.1 Å². The van der Waals surface area contributed by atoms with Crippen molar-refractivity contribution in [3.05, 3.63) is 34.8 Å². The van der Waals surface area contributed by atoms with Crippen molar-refractivity contribution in [2.75, 3.05) is 13.7 Å². The number of carbonyl (C=O) groups is 1. The third-order valence-electron chi connectivity index (χ3n) is 6.70. The molecule has 0 unspecified atom stereocenters.